The van der Waals surface area contributed by atoms with Crippen LogP contribution >= 0.6 is 7.60 Å². The number of carbonyl (C=O) groups is 1. The Morgan fingerprint density at radius 3 is 2.15 bits per heavy atom. The van der Waals surface area contributed by atoms with Gasteiger partial charge in [0.2, 0.25) is 0 Å². The highest BCUT2D eigenvalue weighted by molar-refractivity contribution is 7.53. The molecule has 2 rings (SSSR count). The number of benzene rings is 2. The molecule has 6 nitrogen and oxygen atoms in total. The van der Waals surface area contributed by atoms with Gasteiger partial charge in [-0.2, -0.15) is 0 Å². The molecule has 0 bridgehead atoms. The molecule has 0 aliphatic rings. The average molecular weight is 391 g/mol. The minimum atomic E-state index is -4.39. The van der Waals surface area contributed by atoms with Crippen LogP contribution in [0, 0.1) is 0 Å². The van der Waals surface area contributed by atoms with Crippen LogP contribution in [0.2, 0.25) is 0 Å². The second-order valence-electron chi connectivity index (χ2n) is 6.99. The van der Waals surface area contributed by atoms with Crippen LogP contribution in [0.15, 0.2) is 54.6 Å². The number of esters is 1. The standard InChI is InChI=1S/C20H26NO5P/c1-20(2,27(23,24)25)21-18(14-19(22)26-3)13-15-9-11-17(12-10-15)16-7-5-4-6-8-16/h4-12,18,21H,13-14H2,1-3H3,(H2,23,24,25). The van der Waals surface area contributed by atoms with Crippen molar-refractivity contribution >= 4 is 13.6 Å². The number of hydrogen-bond donors (Lipinski definition) is 3. The molecule has 3 N–H and O–H groups in total. The molecular weight excluding hydrogens is 365 g/mol. The van der Waals surface area contributed by atoms with Gasteiger partial charge in [-0.15, -0.1) is 0 Å². The molecule has 1 unspecified atom stereocenters. The zero-order valence-electron chi connectivity index (χ0n) is 15.8. The van der Waals surface area contributed by atoms with Gasteiger partial charge in [-0.3, -0.25) is 14.7 Å². The second kappa shape index (κ2) is 8.81. The van der Waals surface area contributed by atoms with Crippen molar-refractivity contribution in [3.8, 4) is 11.1 Å². The molecule has 2 aromatic carbocycles. The Labute approximate surface area is 159 Å². The Morgan fingerprint density at radius 2 is 1.63 bits per heavy atom. The molecule has 2 aromatic rings. The largest absolute Gasteiger partial charge is 0.469 e. The molecule has 0 radical (unpaired) electrons. The van der Waals surface area contributed by atoms with E-state index in [1.807, 2.05) is 54.6 Å². The molecule has 0 aliphatic heterocycles. The van der Waals surface area contributed by atoms with E-state index in [1.54, 1.807) is 0 Å². The maximum absolute atomic E-state index is 11.7. The van der Waals surface area contributed by atoms with Crippen LogP contribution in [0.3, 0.4) is 0 Å². The lowest BCUT2D eigenvalue weighted by atomic mass is 9.99. The van der Waals surface area contributed by atoms with Gasteiger partial charge in [0.05, 0.1) is 13.5 Å². The number of methoxy groups -OCH3 is 1. The summed E-state index contributed by atoms with van der Waals surface area (Å²) in [7, 11) is -3.10. The molecular formula is C20H26NO5P. The van der Waals surface area contributed by atoms with Crippen LogP contribution in [0.25, 0.3) is 11.1 Å². The van der Waals surface area contributed by atoms with E-state index in [0.29, 0.717) is 6.42 Å². The number of rotatable bonds is 8. The monoisotopic (exact) mass is 391 g/mol. The van der Waals surface area contributed by atoms with E-state index >= 15 is 0 Å². The summed E-state index contributed by atoms with van der Waals surface area (Å²) in [5.74, 6) is -0.435. The lowest BCUT2D eigenvalue weighted by Gasteiger charge is -2.32. The van der Waals surface area contributed by atoms with Crippen molar-refractivity contribution in [1.82, 2.24) is 5.32 Å². The smallest absolute Gasteiger partial charge is 0.344 e. The Morgan fingerprint density at radius 1 is 1.07 bits per heavy atom. The third kappa shape index (κ3) is 6.01. The van der Waals surface area contributed by atoms with Gasteiger partial charge in [0, 0.05) is 6.04 Å². The molecule has 0 amide bonds. The third-order valence-electron chi connectivity index (χ3n) is 4.47. The molecule has 1 atom stereocenters. The molecule has 0 heterocycles. The van der Waals surface area contributed by atoms with Crippen molar-refractivity contribution in [2.45, 2.75) is 38.0 Å². The number of nitrogens with one attached hydrogen (secondary N) is 1. The molecule has 0 saturated heterocycles. The molecule has 146 valence electrons. The first-order valence-electron chi connectivity index (χ1n) is 8.67. The topological polar surface area (TPSA) is 95.9 Å². The van der Waals surface area contributed by atoms with E-state index < -0.39 is 24.9 Å². The van der Waals surface area contributed by atoms with Gasteiger partial charge >= 0.3 is 13.6 Å². The molecule has 27 heavy (non-hydrogen) atoms. The van der Waals surface area contributed by atoms with Crippen molar-refractivity contribution in [1.29, 1.82) is 0 Å². The molecule has 0 fully saturated rings. The van der Waals surface area contributed by atoms with E-state index in [2.05, 4.69) is 5.32 Å². The van der Waals surface area contributed by atoms with Crippen LogP contribution in [0.1, 0.15) is 25.8 Å². The summed E-state index contributed by atoms with van der Waals surface area (Å²) >= 11 is 0. The Bertz CT molecular complexity index is 799. The van der Waals surface area contributed by atoms with E-state index in [-0.39, 0.29) is 6.42 Å². The van der Waals surface area contributed by atoms with Crippen LogP contribution in [0.5, 0.6) is 0 Å². The summed E-state index contributed by atoms with van der Waals surface area (Å²) in [6.45, 7) is 2.85. The van der Waals surface area contributed by atoms with E-state index in [4.69, 9.17) is 4.74 Å². The summed E-state index contributed by atoms with van der Waals surface area (Å²) in [4.78, 5) is 30.8. The fourth-order valence-corrected chi connectivity index (χ4v) is 3.14. The van der Waals surface area contributed by atoms with Crippen LogP contribution in [-0.2, 0) is 20.5 Å². The lowest BCUT2D eigenvalue weighted by Crippen LogP contribution is -2.47. The summed E-state index contributed by atoms with van der Waals surface area (Å²) in [6, 6.07) is 17.4. The Kier molecular flexibility index (Phi) is 6.95. The third-order valence-corrected chi connectivity index (χ3v) is 6.05. The first-order chi connectivity index (χ1) is 12.6. The van der Waals surface area contributed by atoms with Gasteiger partial charge < -0.3 is 14.5 Å². The predicted octanol–water partition coefficient (Wildman–Crippen LogP) is 3.33. The van der Waals surface area contributed by atoms with Gasteiger partial charge in [-0.25, -0.2) is 0 Å². The fourth-order valence-electron chi connectivity index (χ4n) is 2.79. The maximum Gasteiger partial charge on any atom is 0.344 e. The molecule has 0 aromatic heterocycles. The van der Waals surface area contributed by atoms with Gasteiger partial charge in [-0.1, -0.05) is 54.6 Å². The fraction of sp³-hybridized carbons (Fsp3) is 0.350. The maximum atomic E-state index is 11.7. The van der Waals surface area contributed by atoms with Crippen molar-refractivity contribution in [3.05, 3.63) is 60.2 Å². The lowest BCUT2D eigenvalue weighted by molar-refractivity contribution is -0.141. The van der Waals surface area contributed by atoms with Gasteiger partial charge in [0.25, 0.3) is 0 Å². The minimum Gasteiger partial charge on any atom is -0.469 e. The second-order valence-corrected chi connectivity index (χ2v) is 9.20. The van der Waals surface area contributed by atoms with Crippen molar-refractivity contribution < 1.29 is 23.9 Å². The van der Waals surface area contributed by atoms with Crippen LogP contribution in [0.4, 0.5) is 0 Å². The molecule has 0 saturated carbocycles. The van der Waals surface area contributed by atoms with E-state index in [9.17, 15) is 19.1 Å². The van der Waals surface area contributed by atoms with Crippen LogP contribution in [-0.4, -0.2) is 34.2 Å². The summed E-state index contributed by atoms with van der Waals surface area (Å²) < 4.78 is 16.4. The highest BCUT2D eigenvalue weighted by Crippen LogP contribution is 2.48. The number of ether oxygens (including phenoxy) is 1. The van der Waals surface area contributed by atoms with E-state index in [1.165, 1.54) is 21.0 Å². The highest BCUT2D eigenvalue weighted by Gasteiger charge is 2.39. The summed E-state index contributed by atoms with van der Waals surface area (Å²) in [6.07, 6.45) is 0.452. The number of carbonyl (C=O) groups excluding carboxylic acids is 1. The average Bonchev–Trinajstić information content (AvgIpc) is 2.61. The van der Waals surface area contributed by atoms with Crippen LogP contribution < -0.4 is 5.32 Å². The Balaban J connectivity index is 2.17. The Hall–Kier alpha value is -1.98. The zero-order chi connectivity index (χ0) is 20.1. The SMILES string of the molecule is COC(=O)CC(Cc1ccc(-c2ccccc2)cc1)NC(C)(C)P(=O)(O)O. The van der Waals surface area contributed by atoms with Gasteiger partial charge in [0.15, 0.2) is 0 Å². The molecule has 0 aliphatic carbocycles. The predicted molar refractivity (Wildman–Crippen MR) is 105 cm³/mol. The van der Waals surface area contributed by atoms with Gasteiger partial charge in [0.1, 0.15) is 5.28 Å². The van der Waals surface area contributed by atoms with Crippen molar-refractivity contribution in [2.24, 2.45) is 0 Å². The molecule has 0 spiro atoms. The van der Waals surface area contributed by atoms with E-state index in [0.717, 1.165) is 16.7 Å². The van der Waals surface area contributed by atoms with Crippen molar-refractivity contribution in [2.75, 3.05) is 7.11 Å². The highest BCUT2D eigenvalue weighted by atomic mass is 31.2. The van der Waals surface area contributed by atoms with Gasteiger partial charge in [-0.05, 0) is 37.0 Å². The normalized spacial score (nSPS) is 13.2. The quantitative estimate of drug-likeness (QED) is 0.472. The zero-order valence-corrected chi connectivity index (χ0v) is 16.6. The first kappa shape index (κ1) is 21.3. The number of hydrogen-bond acceptors (Lipinski definition) is 4. The summed E-state index contributed by atoms with van der Waals surface area (Å²) in [5.41, 5.74) is 3.14. The summed E-state index contributed by atoms with van der Waals surface area (Å²) in [5, 5.41) is 1.48. The first-order valence-corrected chi connectivity index (χ1v) is 10.3. The van der Waals surface area contributed by atoms with Crippen molar-refractivity contribution in [3.63, 3.8) is 0 Å². The molecule has 7 heteroatoms. The minimum absolute atomic E-state index is 0.0143.